The Bertz CT molecular complexity index is 1010. The van der Waals surface area contributed by atoms with E-state index >= 15 is 0 Å². The molecule has 28 heavy (non-hydrogen) atoms. The Labute approximate surface area is 169 Å². The molecule has 2 aliphatic heterocycles. The van der Waals surface area contributed by atoms with Gasteiger partial charge in [-0.15, -0.1) is 0 Å². The predicted octanol–water partition coefficient (Wildman–Crippen LogP) is 3.14. The van der Waals surface area contributed by atoms with Gasteiger partial charge < -0.3 is 15.3 Å². The van der Waals surface area contributed by atoms with Crippen LogP contribution in [0.2, 0.25) is 0 Å². The average Bonchev–Trinajstić information content (AvgIpc) is 3.03. The molecule has 1 atom stereocenters. The summed E-state index contributed by atoms with van der Waals surface area (Å²) in [5.41, 5.74) is 2.71. The lowest BCUT2D eigenvalue weighted by molar-refractivity contribution is -0.114. The van der Waals surface area contributed by atoms with Gasteiger partial charge in [-0.3, -0.25) is 9.69 Å². The number of amides is 3. The lowest BCUT2D eigenvalue weighted by atomic mass is 9.96. The molecule has 0 radical (unpaired) electrons. The summed E-state index contributed by atoms with van der Waals surface area (Å²) < 4.78 is 0.905. The Morgan fingerprint density at radius 2 is 1.75 bits per heavy atom. The summed E-state index contributed by atoms with van der Waals surface area (Å²) in [5, 5.41) is 11.9. The number of carboxylic acids is 1. The summed E-state index contributed by atoms with van der Waals surface area (Å²) in [6.45, 7) is 0.248. The number of nitrogens with one attached hydrogen (secondary N) is 1. The fraction of sp³-hybridized carbons (Fsp3) is 0.150. The maximum Gasteiger partial charge on any atom is 0.335 e. The van der Waals surface area contributed by atoms with Crippen LogP contribution in [0.25, 0.3) is 0 Å². The number of nitrogens with zero attached hydrogens (tertiary/aromatic N) is 2. The normalized spacial score (nSPS) is 19.0. The number of anilines is 1. The number of carboxylic acid groups (broad SMARTS) is 1. The highest BCUT2D eigenvalue weighted by Crippen LogP contribution is 2.37. The Morgan fingerprint density at radius 1 is 1.11 bits per heavy atom. The quantitative estimate of drug-likeness (QED) is 0.765. The van der Waals surface area contributed by atoms with Crippen molar-refractivity contribution in [1.82, 2.24) is 10.2 Å². The minimum Gasteiger partial charge on any atom is -0.478 e. The van der Waals surface area contributed by atoms with Gasteiger partial charge in [0.25, 0.3) is 5.91 Å². The van der Waals surface area contributed by atoms with Crippen LogP contribution in [0.4, 0.5) is 10.5 Å². The molecule has 0 fully saturated rings. The van der Waals surface area contributed by atoms with Crippen molar-refractivity contribution < 1.29 is 19.5 Å². The number of carbonyl (C=O) groups is 3. The topological polar surface area (TPSA) is 90.0 Å². The molecule has 0 spiro atoms. The van der Waals surface area contributed by atoms with Crippen LogP contribution in [0.5, 0.6) is 0 Å². The Balaban J connectivity index is 1.71. The van der Waals surface area contributed by atoms with Crippen LogP contribution in [-0.4, -0.2) is 41.5 Å². The summed E-state index contributed by atoms with van der Waals surface area (Å²) in [6.07, 6.45) is 0. The number of aromatic carboxylic acids is 1. The van der Waals surface area contributed by atoms with Crippen LogP contribution >= 0.6 is 15.9 Å². The average molecular weight is 442 g/mol. The molecule has 0 saturated carbocycles. The largest absolute Gasteiger partial charge is 0.478 e. The van der Waals surface area contributed by atoms with Gasteiger partial charge >= 0.3 is 12.0 Å². The Hall–Kier alpha value is -3.13. The van der Waals surface area contributed by atoms with Crippen LogP contribution in [0.3, 0.4) is 0 Å². The second-order valence-corrected chi connectivity index (χ2v) is 7.51. The first kappa shape index (κ1) is 18.2. The monoisotopic (exact) mass is 441 g/mol. The van der Waals surface area contributed by atoms with E-state index in [0.29, 0.717) is 17.0 Å². The summed E-state index contributed by atoms with van der Waals surface area (Å²) in [5.74, 6) is -1.24. The van der Waals surface area contributed by atoms with Crippen molar-refractivity contribution in [2.45, 2.75) is 6.04 Å². The Kier molecular flexibility index (Phi) is 4.43. The molecule has 2 N–H and O–H groups in total. The SMILES string of the molecule is CN1C(=O)N[C@H](c2ccc(Br)cc2)C2=C1CN(c1ccc(C(=O)O)cc1)C2=O. The van der Waals surface area contributed by atoms with Crippen molar-refractivity contribution in [3.63, 3.8) is 0 Å². The molecular formula is C20H16BrN3O4. The third kappa shape index (κ3) is 2.95. The van der Waals surface area contributed by atoms with Gasteiger partial charge in [-0.1, -0.05) is 28.1 Å². The second-order valence-electron chi connectivity index (χ2n) is 6.60. The molecular weight excluding hydrogens is 426 g/mol. The third-order valence-electron chi connectivity index (χ3n) is 4.99. The molecule has 8 heteroatoms. The molecule has 0 aliphatic carbocycles. The zero-order valence-corrected chi connectivity index (χ0v) is 16.4. The fourth-order valence-electron chi connectivity index (χ4n) is 3.47. The van der Waals surface area contributed by atoms with Crippen molar-refractivity contribution >= 4 is 39.5 Å². The maximum atomic E-state index is 13.2. The molecule has 0 aromatic heterocycles. The molecule has 2 heterocycles. The van der Waals surface area contributed by atoms with E-state index in [2.05, 4.69) is 21.2 Å². The van der Waals surface area contributed by atoms with Gasteiger partial charge in [0.2, 0.25) is 0 Å². The van der Waals surface area contributed by atoms with Crippen molar-refractivity contribution in [2.75, 3.05) is 18.5 Å². The second kappa shape index (κ2) is 6.79. The van der Waals surface area contributed by atoms with E-state index in [4.69, 9.17) is 5.11 Å². The summed E-state index contributed by atoms with van der Waals surface area (Å²) >= 11 is 3.39. The number of urea groups is 1. The van der Waals surface area contributed by atoms with E-state index in [-0.39, 0.29) is 24.0 Å². The van der Waals surface area contributed by atoms with Gasteiger partial charge in [-0.2, -0.15) is 0 Å². The molecule has 2 aromatic rings. The van der Waals surface area contributed by atoms with E-state index in [1.54, 1.807) is 24.1 Å². The molecule has 7 nitrogen and oxygen atoms in total. The van der Waals surface area contributed by atoms with E-state index in [1.165, 1.54) is 17.0 Å². The van der Waals surface area contributed by atoms with E-state index in [0.717, 1.165) is 10.0 Å². The van der Waals surface area contributed by atoms with Crippen molar-refractivity contribution in [1.29, 1.82) is 0 Å². The molecule has 2 aromatic carbocycles. The van der Waals surface area contributed by atoms with E-state index < -0.39 is 12.0 Å². The van der Waals surface area contributed by atoms with Crippen LogP contribution < -0.4 is 10.2 Å². The van der Waals surface area contributed by atoms with Crippen LogP contribution in [0.15, 0.2) is 64.3 Å². The summed E-state index contributed by atoms with van der Waals surface area (Å²) in [7, 11) is 1.63. The van der Waals surface area contributed by atoms with Gasteiger partial charge in [-0.25, -0.2) is 9.59 Å². The molecule has 142 valence electrons. The first-order chi connectivity index (χ1) is 13.4. The predicted molar refractivity (Wildman–Crippen MR) is 106 cm³/mol. The smallest absolute Gasteiger partial charge is 0.335 e. The third-order valence-corrected chi connectivity index (χ3v) is 5.52. The lowest BCUT2D eigenvalue weighted by Gasteiger charge is -2.31. The molecule has 3 amide bonds. The zero-order valence-electron chi connectivity index (χ0n) is 14.8. The first-order valence-electron chi connectivity index (χ1n) is 8.55. The number of hydrogen-bond donors (Lipinski definition) is 2. The zero-order chi connectivity index (χ0) is 20.0. The minimum atomic E-state index is -1.03. The number of carbonyl (C=O) groups excluding carboxylic acids is 2. The van der Waals surface area contributed by atoms with Gasteiger partial charge in [-0.05, 0) is 42.0 Å². The summed E-state index contributed by atoms with van der Waals surface area (Å²) in [6, 6.07) is 12.8. The molecule has 0 saturated heterocycles. The number of hydrogen-bond acceptors (Lipinski definition) is 3. The number of halogens is 1. The van der Waals surface area contributed by atoms with Gasteiger partial charge in [0, 0.05) is 17.2 Å². The number of benzene rings is 2. The highest BCUT2D eigenvalue weighted by Gasteiger charge is 2.43. The van der Waals surface area contributed by atoms with E-state index in [9.17, 15) is 14.4 Å². The summed E-state index contributed by atoms with van der Waals surface area (Å²) in [4.78, 5) is 39.7. The van der Waals surface area contributed by atoms with Gasteiger partial charge in [0.1, 0.15) is 0 Å². The van der Waals surface area contributed by atoms with Crippen LogP contribution in [0, 0.1) is 0 Å². The molecule has 0 unspecified atom stereocenters. The highest BCUT2D eigenvalue weighted by atomic mass is 79.9. The Morgan fingerprint density at radius 3 is 2.36 bits per heavy atom. The van der Waals surface area contributed by atoms with Gasteiger partial charge in [0.15, 0.2) is 0 Å². The molecule has 2 aliphatic rings. The standard InChI is InChI=1S/C20H16BrN3O4/c1-23-15-10-24(14-8-4-12(5-9-14)19(26)27)18(25)16(15)17(22-20(23)28)11-2-6-13(21)7-3-11/h2-9,17H,10H2,1H3,(H,22,28)(H,26,27)/t17-/m1/s1. The number of likely N-dealkylation sites (N-methyl/N-ethyl adjacent to an activating group) is 1. The van der Waals surface area contributed by atoms with Crippen LogP contribution in [-0.2, 0) is 4.79 Å². The molecule has 0 bridgehead atoms. The lowest BCUT2D eigenvalue weighted by Crippen LogP contribution is -2.45. The minimum absolute atomic E-state index is 0.148. The van der Waals surface area contributed by atoms with E-state index in [1.807, 2.05) is 24.3 Å². The molecule has 4 rings (SSSR count). The van der Waals surface area contributed by atoms with Crippen molar-refractivity contribution in [2.24, 2.45) is 0 Å². The first-order valence-corrected chi connectivity index (χ1v) is 9.34. The van der Waals surface area contributed by atoms with Gasteiger partial charge in [0.05, 0.1) is 29.4 Å². The fourth-order valence-corrected chi connectivity index (χ4v) is 3.73. The van der Waals surface area contributed by atoms with Crippen LogP contribution in [0.1, 0.15) is 22.0 Å². The highest BCUT2D eigenvalue weighted by molar-refractivity contribution is 9.10. The van der Waals surface area contributed by atoms with Crippen molar-refractivity contribution in [3.05, 3.63) is 75.4 Å². The number of rotatable bonds is 3. The maximum absolute atomic E-state index is 13.2. The van der Waals surface area contributed by atoms with Crippen molar-refractivity contribution in [3.8, 4) is 0 Å².